The fourth-order valence-corrected chi connectivity index (χ4v) is 3.65. The molecule has 0 bridgehead atoms. The third-order valence-electron chi connectivity index (χ3n) is 5.00. The average molecular weight is 280 g/mol. The minimum absolute atomic E-state index is 0.247. The number of piperidine rings is 2. The van der Waals surface area contributed by atoms with Crippen LogP contribution in [-0.2, 0) is 9.59 Å². The summed E-state index contributed by atoms with van der Waals surface area (Å²) in [6.45, 7) is 5.75. The van der Waals surface area contributed by atoms with Crippen LogP contribution in [-0.4, -0.2) is 51.1 Å². The first-order valence-corrected chi connectivity index (χ1v) is 7.72. The van der Waals surface area contributed by atoms with Gasteiger partial charge in [-0.15, -0.1) is 0 Å². The molecule has 0 aromatic heterocycles. The number of fused-ring (bicyclic) bond motifs is 2. The van der Waals surface area contributed by atoms with Crippen molar-refractivity contribution in [1.82, 2.24) is 21.3 Å². The molecule has 4 fully saturated rings. The predicted octanol–water partition coefficient (Wildman–Crippen LogP) is -1.32. The first-order valence-electron chi connectivity index (χ1n) is 7.72. The number of hydrogen-bond acceptors (Lipinski definition) is 4. The van der Waals surface area contributed by atoms with Gasteiger partial charge in [0.1, 0.15) is 0 Å². The summed E-state index contributed by atoms with van der Waals surface area (Å²) in [6, 6.07) is 0. The van der Waals surface area contributed by atoms with E-state index in [1.807, 2.05) is 0 Å². The minimum Gasteiger partial charge on any atom is -0.356 e. The molecule has 112 valence electrons. The lowest BCUT2D eigenvalue weighted by atomic mass is 9.89. The maximum absolute atomic E-state index is 11.1. The monoisotopic (exact) mass is 280 g/mol. The van der Waals surface area contributed by atoms with Gasteiger partial charge in [-0.2, -0.15) is 0 Å². The second-order valence-electron chi connectivity index (χ2n) is 6.21. The van der Waals surface area contributed by atoms with Crippen molar-refractivity contribution in [3.63, 3.8) is 0 Å². The Morgan fingerprint density at radius 1 is 0.700 bits per heavy atom. The lowest BCUT2D eigenvalue weighted by Crippen LogP contribution is -2.37. The lowest BCUT2D eigenvalue weighted by Gasteiger charge is -2.22. The fourth-order valence-electron chi connectivity index (χ4n) is 3.65. The van der Waals surface area contributed by atoms with Crippen LogP contribution in [0.15, 0.2) is 0 Å². The van der Waals surface area contributed by atoms with Crippen LogP contribution < -0.4 is 21.3 Å². The van der Waals surface area contributed by atoms with Gasteiger partial charge in [0.05, 0.1) is 11.8 Å². The van der Waals surface area contributed by atoms with Crippen LogP contribution in [0.25, 0.3) is 0 Å². The molecule has 4 rings (SSSR count). The van der Waals surface area contributed by atoms with Gasteiger partial charge >= 0.3 is 0 Å². The summed E-state index contributed by atoms with van der Waals surface area (Å²) in [5.41, 5.74) is 0. The van der Waals surface area contributed by atoms with Gasteiger partial charge < -0.3 is 21.3 Å². The van der Waals surface area contributed by atoms with E-state index in [9.17, 15) is 9.59 Å². The molecular formula is C14H24N4O2. The van der Waals surface area contributed by atoms with Crippen LogP contribution in [0, 0.1) is 23.7 Å². The molecule has 0 spiro atoms. The molecule has 4 aliphatic heterocycles. The highest BCUT2D eigenvalue weighted by Crippen LogP contribution is 2.23. The van der Waals surface area contributed by atoms with Gasteiger partial charge in [-0.3, -0.25) is 9.59 Å². The number of rotatable bonds is 0. The van der Waals surface area contributed by atoms with Gasteiger partial charge in [0.25, 0.3) is 0 Å². The van der Waals surface area contributed by atoms with Gasteiger partial charge in [0.15, 0.2) is 0 Å². The lowest BCUT2D eigenvalue weighted by molar-refractivity contribution is -0.123. The number of amides is 2. The molecule has 0 saturated carbocycles. The van der Waals surface area contributed by atoms with E-state index in [4.69, 9.17) is 0 Å². The zero-order chi connectivity index (χ0) is 13.9. The quantitative estimate of drug-likeness (QED) is 0.444. The van der Waals surface area contributed by atoms with Crippen molar-refractivity contribution < 1.29 is 9.59 Å². The molecule has 4 unspecified atom stereocenters. The van der Waals surface area contributed by atoms with Crippen molar-refractivity contribution >= 4 is 11.8 Å². The Bertz CT molecular complexity index is 351. The van der Waals surface area contributed by atoms with Gasteiger partial charge in [-0.25, -0.2) is 0 Å². The van der Waals surface area contributed by atoms with Crippen molar-refractivity contribution in [2.24, 2.45) is 23.7 Å². The van der Waals surface area contributed by atoms with Gasteiger partial charge in [-0.1, -0.05) is 0 Å². The molecule has 0 radical (unpaired) electrons. The highest BCUT2D eigenvalue weighted by atomic mass is 16.2. The third-order valence-corrected chi connectivity index (χ3v) is 5.00. The molecule has 4 saturated heterocycles. The van der Waals surface area contributed by atoms with E-state index in [2.05, 4.69) is 21.3 Å². The smallest absolute Gasteiger partial charge is 0.224 e. The van der Waals surface area contributed by atoms with E-state index >= 15 is 0 Å². The Labute approximate surface area is 119 Å². The maximum Gasteiger partial charge on any atom is 0.224 e. The van der Waals surface area contributed by atoms with E-state index in [1.54, 1.807) is 0 Å². The first kappa shape index (κ1) is 13.8. The maximum atomic E-state index is 11.1. The normalized spacial score (nSPS) is 39.0. The van der Waals surface area contributed by atoms with Crippen LogP contribution in [0.2, 0.25) is 0 Å². The molecule has 4 atom stereocenters. The zero-order valence-corrected chi connectivity index (χ0v) is 11.8. The van der Waals surface area contributed by atoms with Crippen molar-refractivity contribution in [2.45, 2.75) is 12.8 Å². The summed E-state index contributed by atoms with van der Waals surface area (Å²) in [7, 11) is 0. The number of nitrogens with one attached hydrogen (secondary N) is 4. The minimum atomic E-state index is 0.247. The second-order valence-corrected chi connectivity index (χ2v) is 6.21. The van der Waals surface area contributed by atoms with Crippen LogP contribution in [0.5, 0.6) is 0 Å². The number of hydrogen-bond donors (Lipinski definition) is 4. The summed E-state index contributed by atoms with van der Waals surface area (Å²) in [5, 5.41) is 12.2. The highest BCUT2D eigenvalue weighted by molar-refractivity contribution is 5.82. The van der Waals surface area contributed by atoms with Crippen LogP contribution in [0.4, 0.5) is 0 Å². The van der Waals surface area contributed by atoms with Crippen molar-refractivity contribution in [1.29, 1.82) is 0 Å². The van der Waals surface area contributed by atoms with Crippen LogP contribution in [0.1, 0.15) is 12.8 Å². The summed E-state index contributed by atoms with van der Waals surface area (Å²) < 4.78 is 0. The topological polar surface area (TPSA) is 82.3 Å². The second kappa shape index (κ2) is 6.10. The average Bonchev–Trinajstić information content (AvgIpc) is 3.05. The molecule has 4 aliphatic rings. The van der Waals surface area contributed by atoms with Crippen LogP contribution in [0.3, 0.4) is 0 Å². The van der Waals surface area contributed by atoms with Gasteiger partial charge in [0.2, 0.25) is 11.8 Å². The van der Waals surface area contributed by atoms with E-state index in [1.165, 1.54) is 0 Å². The largest absolute Gasteiger partial charge is 0.356 e. The summed E-state index contributed by atoms with van der Waals surface area (Å²) in [6.07, 6.45) is 2.31. The molecule has 0 aliphatic carbocycles. The van der Waals surface area contributed by atoms with E-state index in [0.29, 0.717) is 11.8 Å². The Kier molecular flexibility index (Phi) is 4.21. The molecule has 20 heavy (non-hydrogen) atoms. The highest BCUT2D eigenvalue weighted by Gasteiger charge is 2.36. The Morgan fingerprint density at radius 3 is 1.55 bits per heavy atom. The number of carbonyl (C=O) groups excluding carboxylic acids is 2. The van der Waals surface area contributed by atoms with Crippen molar-refractivity contribution in [3.05, 3.63) is 0 Å². The van der Waals surface area contributed by atoms with E-state index in [-0.39, 0.29) is 23.7 Å². The Morgan fingerprint density at radius 2 is 1.15 bits per heavy atom. The van der Waals surface area contributed by atoms with Crippen LogP contribution >= 0.6 is 0 Å². The van der Waals surface area contributed by atoms with E-state index < -0.39 is 0 Å². The zero-order valence-electron chi connectivity index (χ0n) is 11.8. The van der Waals surface area contributed by atoms with Crippen molar-refractivity contribution in [2.75, 3.05) is 39.3 Å². The summed E-state index contributed by atoms with van der Waals surface area (Å²) >= 11 is 0. The standard InChI is InChI=1S/2C7H12N2O/c2*10-7-6-4-8-2-1-5(6)3-9-7/h2*5-6,8H,1-4H2,(H,9,10). The Hall–Kier alpha value is -1.14. The molecule has 4 heterocycles. The summed E-state index contributed by atoms with van der Waals surface area (Å²) in [4.78, 5) is 22.1. The van der Waals surface area contributed by atoms with Gasteiger partial charge in [0, 0.05) is 26.2 Å². The van der Waals surface area contributed by atoms with E-state index in [0.717, 1.165) is 52.1 Å². The molecule has 6 heteroatoms. The third kappa shape index (κ3) is 2.81. The molecule has 0 aromatic rings. The SMILES string of the molecule is O=C1NCC2CCNCC12.O=C1NCC2CCNCC12. The van der Waals surface area contributed by atoms with Crippen molar-refractivity contribution in [3.8, 4) is 0 Å². The molecular weight excluding hydrogens is 256 g/mol. The molecule has 2 amide bonds. The molecule has 4 N–H and O–H groups in total. The fraction of sp³-hybridized carbons (Fsp3) is 0.857. The Balaban J connectivity index is 0.000000121. The predicted molar refractivity (Wildman–Crippen MR) is 75.0 cm³/mol. The molecule has 6 nitrogen and oxygen atoms in total. The first-order chi connectivity index (χ1) is 9.75. The van der Waals surface area contributed by atoms with Gasteiger partial charge in [-0.05, 0) is 37.8 Å². The summed E-state index contributed by atoms with van der Waals surface area (Å²) in [5.74, 6) is 2.28. The molecule has 0 aromatic carbocycles. The number of carbonyl (C=O) groups is 2.